The Morgan fingerprint density at radius 1 is 1.15 bits per heavy atom. The van der Waals surface area contributed by atoms with Crippen LogP contribution in [0.15, 0.2) is 72.6 Å². The Morgan fingerprint density at radius 2 is 1.91 bits per heavy atom. The quantitative estimate of drug-likeness (QED) is 0.341. The van der Waals surface area contributed by atoms with Crippen molar-refractivity contribution in [3.8, 4) is 5.75 Å². The first-order valence-corrected chi connectivity index (χ1v) is 10.6. The molecule has 7 heteroatoms. The van der Waals surface area contributed by atoms with E-state index in [-0.39, 0.29) is 17.9 Å². The van der Waals surface area contributed by atoms with Gasteiger partial charge in [-0.15, -0.1) is 0 Å². The lowest BCUT2D eigenvalue weighted by Crippen LogP contribution is -2.29. The Kier molecular flexibility index (Phi) is 6.22. The summed E-state index contributed by atoms with van der Waals surface area (Å²) in [4.78, 5) is 31.6. The maximum Gasteiger partial charge on any atom is 0.295 e. The van der Waals surface area contributed by atoms with E-state index >= 15 is 0 Å². The second kappa shape index (κ2) is 9.24. The van der Waals surface area contributed by atoms with E-state index < -0.39 is 23.5 Å². The lowest BCUT2D eigenvalue weighted by Gasteiger charge is -2.25. The SMILES string of the molecule is CCOc1ccc(/C(O)=C2/C(=O)C(=O)N(Cc3cccnc3)C2c2ccc(F)cc2)c(C)c1. The molecule has 1 aliphatic heterocycles. The van der Waals surface area contributed by atoms with Crippen LogP contribution >= 0.6 is 0 Å². The molecule has 1 saturated heterocycles. The van der Waals surface area contributed by atoms with Crippen molar-refractivity contribution in [1.82, 2.24) is 9.88 Å². The molecule has 1 aliphatic rings. The monoisotopic (exact) mass is 446 g/mol. The molecule has 0 radical (unpaired) electrons. The van der Waals surface area contributed by atoms with E-state index in [0.29, 0.717) is 29.0 Å². The van der Waals surface area contributed by atoms with Gasteiger partial charge in [0.25, 0.3) is 11.7 Å². The van der Waals surface area contributed by atoms with Crippen LogP contribution in [-0.4, -0.2) is 33.3 Å². The van der Waals surface area contributed by atoms with Crippen LogP contribution in [0.4, 0.5) is 4.39 Å². The molecular weight excluding hydrogens is 423 g/mol. The first kappa shape index (κ1) is 22.2. The summed E-state index contributed by atoms with van der Waals surface area (Å²) < 4.78 is 19.1. The summed E-state index contributed by atoms with van der Waals surface area (Å²) >= 11 is 0. The zero-order chi connectivity index (χ0) is 23.5. The number of hydrogen-bond donors (Lipinski definition) is 1. The predicted molar refractivity (Wildman–Crippen MR) is 121 cm³/mol. The standard InChI is InChI=1S/C26H23FN2O4/c1-3-33-20-10-11-21(16(2)13-20)24(30)22-23(18-6-8-19(27)9-7-18)29(26(32)25(22)31)15-17-5-4-12-28-14-17/h4-14,23,30H,3,15H2,1-2H3/b24-22-. The van der Waals surface area contributed by atoms with Gasteiger partial charge in [0.1, 0.15) is 17.3 Å². The van der Waals surface area contributed by atoms with Gasteiger partial charge in [-0.05, 0) is 66.9 Å². The smallest absolute Gasteiger partial charge is 0.295 e. The molecule has 1 unspecified atom stereocenters. The number of hydrogen-bond acceptors (Lipinski definition) is 5. The Balaban J connectivity index is 1.85. The van der Waals surface area contributed by atoms with E-state index in [2.05, 4.69) is 4.98 Å². The van der Waals surface area contributed by atoms with Crippen molar-refractivity contribution < 1.29 is 23.8 Å². The summed E-state index contributed by atoms with van der Waals surface area (Å²) in [5, 5.41) is 11.2. The average molecular weight is 446 g/mol. The molecule has 33 heavy (non-hydrogen) atoms. The molecule has 0 aliphatic carbocycles. The van der Waals surface area contributed by atoms with Crippen molar-refractivity contribution in [2.24, 2.45) is 0 Å². The van der Waals surface area contributed by atoms with Crippen molar-refractivity contribution in [2.75, 3.05) is 6.61 Å². The Hall–Kier alpha value is -4.00. The molecule has 2 heterocycles. The molecule has 0 bridgehead atoms. The fourth-order valence-electron chi connectivity index (χ4n) is 4.03. The van der Waals surface area contributed by atoms with Crippen molar-refractivity contribution in [2.45, 2.75) is 26.4 Å². The molecule has 1 atom stereocenters. The molecule has 6 nitrogen and oxygen atoms in total. The van der Waals surface area contributed by atoms with Crippen LogP contribution in [0.3, 0.4) is 0 Å². The molecule has 0 spiro atoms. The number of aliphatic hydroxyl groups is 1. The molecule has 0 saturated carbocycles. The minimum absolute atomic E-state index is 0.0391. The summed E-state index contributed by atoms with van der Waals surface area (Å²) in [6.07, 6.45) is 3.22. The molecule has 1 amide bonds. The first-order chi connectivity index (χ1) is 15.9. The zero-order valence-electron chi connectivity index (χ0n) is 18.3. The Bertz CT molecular complexity index is 1220. The minimum atomic E-state index is -0.878. The predicted octanol–water partition coefficient (Wildman–Crippen LogP) is 4.55. The van der Waals surface area contributed by atoms with Gasteiger partial charge < -0.3 is 14.7 Å². The van der Waals surface area contributed by atoms with Crippen molar-refractivity contribution in [3.63, 3.8) is 0 Å². The third kappa shape index (κ3) is 4.35. The average Bonchev–Trinajstić information content (AvgIpc) is 3.05. The number of nitrogens with zero attached hydrogens (tertiary/aromatic N) is 2. The minimum Gasteiger partial charge on any atom is -0.507 e. The van der Waals surface area contributed by atoms with E-state index in [1.54, 1.807) is 49.6 Å². The number of halogens is 1. The number of aromatic nitrogens is 1. The number of carbonyl (C=O) groups is 2. The second-order valence-electron chi connectivity index (χ2n) is 7.75. The van der Waals surface area contributed by atoms with E-state index in [0.717, 1.165) is 5.56 Å². The molecule has 2 aromatic carbocycles. The van der Waals surface area contributed by atoms with Crippen LogP contribution in [0.2, 0.25) is 0 Å². The molecule has 3 aromatic rings. The van der Waals surface area contributed by atoms with Gasteiger partial charge in [-0.25, -0.2) is 4.39 Å². The summed E-state index contributed by atoms with van der Waals surface area (Å²) in [5.41, 5.74) is 2.32. The maximum atomic E-state index is 13.6. The molecule has 1 fully saturated rings. The number of pyridine rings is 1. The topological polar surface area (TPSA) is 79.7 Å². The van der Waals surface area contributed by atoms with Gasteiger partial charge in [0.05, 0.1) is 18.2 Å². The fourth-order valence-corrected chi connectivity index (χ4v) is 4.03. The van der Waals surface area contributed by atoms with Crippen molar-refractivity contribution in [3.05, 3.63) is 101 Å². The Labute approximate surface area is 191 Å². The number of ketones is 1. The number of Topliss-reactive ketones (excluding diaryl/α,β-unsaturated/α-hetero) is 1. The number of aryl methyl sites for hydroxylation is 1. The maximum absolute atomic E-state index is 13.6. The van der Waals surface area contributed by atoms with E-state index in [9.17, 15) is 19.1 Å². The summed E-state index contributed by atoms with van der Waals surface area (Å²) in [7, 11) is 0. The molecule has 1 aromatic heterocycles. The molecule has 168 valence electrons. The first-order valence-electron chi connectivity index (χ1n) is 10.6. The second-order valence-corrected chi connectivity index (χ2v) is 7.75. The number of benzene rings is 2. The highest BCUT2D eigenvalue weighted by molar-refractivity contribution is 6.46. The van der Waals surface area contributed by atoms with Crippen LogP contribution in [0, 0.1) is 12.7 Å². The largest absolute Gasteiger partial charge is 0.507 e. The van der Waals surface area contributed by atoms with Crippen molar-refractivity contribution >= 4 is 17.4 Å². The number of ether oxygens (including phenoxy) is 1. The third-order valence-corrected chi connectivity index (χ3v) is 5.57. The van der Waals surface area contributed by atoms with Gasteiger partial charge >= 0.3 is 0 Å². The van der Waals surface area contributed by atoms with Crippen LogP contribution in [-0.2, 0) is 16.1 Å². The van der Waals surface area contributed by atoms with Crippen LogP contribution < -0.4 is 4.74 Å². The highest BCUT2D eigenvalue weighted by Crippen LogP contribution is 2.41. The lowest BCUT2D eigenvalue weighted by molar-refractivity contribution is -0.140. The summed E-state index contributed by atoms with van der Waals surface area (Å²) in [6.45, 7) is 4.26. The molecule has 1 N–H and O–H groups in total. The van der Waals surface area contributed by atoms with Gasteiger partial charge in [-0.1, -0.05) is 18.2 Å². The fraction of sp³-hybridized carbons (Fsp3) is 0.192. The van der Waals surface area contributed by atoms with E-state index in [4.69, 9.17) is 4.74 Å². The number of rotatable bonds is 6. The third-order valence-electron chi connectivity index (χ3n) is 5.57. The highest BCUT2D eigenvalue weighted by atomic mass is 19.1. The number of likely N-dealkylation sites (tertiary alicyclic amines) is 1. The van der Waals surface area contributed by atoms with E-state index in [1.807, 2.05) is 6.92 Å². The number of amides is 1. The van der Waals surface area contributed by atoms with Crippen LogP contribution in [0.5, 0.6) is 5.75 Å². The number of aliphatic hydroxyl groups excluding tert-OH is 1. The van der Waals surface area contributed by atoms with Gasteiger partial charge in [-0.3, -0.25) is 14.6 Å². The normalized spacial score (nSPS) is 17.4. The summed E-state index contributed by atoms with van der Waals surface area (Å²) in [6, 6.07) is 13.3. The van der Waals surface area contributed by atoms with Gasteiger partial charge in [-0.2, -0.15) is 0 Å². The van der Waals surface area contributed by atoms with Crippen molar-refractivity contribution in [1.29, 1.82) is 0 Å². The van der Waals surface area contributed by atoms with Crippen LogP contribution in [0.25, 0.3) is 5.76 Å². The van der Waals surface area contributed by atoms with Crippen LogP contribution in [0.1, 0.15) is 35.2 Å². The van der Waals surface area contributed by atoms with Gasteiger partial charge in [0.15, 0.2) is 0 Å². The summed E-state index contributed by atoms with van der Waals surface area (Å²) in [5.74, 6) is -1.61. The Morgan fingerprint density at radius 3 is 2.55 bits per heavy atom. The lowest BCUT2D eigenvalue weighted by atomic mass is 9.93. The van der Waals surface area contributed by atoms with Gasteiger partial charge in [0, 0.05) is 24.5 Å². The van der Waals surface area contributed by atoms with Gasteiger partial charge in [0.2, 0.25) is 0 Å². The highest BCUT2D eigenvalue weighted by Gasteiger charge is 2.46. The zero-order valence-corrected chi connectivity index (χ0v) is 18.3. The number of carbonyl (C=O) groups excluding carboxylic acids is 2. The van der Waals surface area contributed by atoms with E-state index in [1.165, 1.54) is 29.2 Å². The molecular formula is C26H23FN2O4. The molecule has 4 rings (SSSR count).